The molecule has 0 bridgehead atoms. The Hall–Kier alpha value is -2.04. The molecule has 0 aliphatic carbocycles. The first-order valence-corrected chi connectivity index (χ1v) is 7.49. The van der Waals surface area contributed by atoms with Gasteiger partial charge in [0.15, 0.2) is 17.3 Å². The molecule has 0 N–H and O–H groups in total. The van der Waals surface area contributed by atoms with Gasteiger partial charge in [0.1, 0.15) is 12.0 Å². The van der Waals surface area contributed by atoms with Gasteiger partial charge in [-0.25, -0.2) is 0 Å². The molecule has 2 atom stereocenters. The molecule has 1 fully saturated rings. The Bertz CT molecular complexity index is 534. The predicted octanol–water partition coefficient (Wildman–Crippen LogP) is 2.55. The van der Waals surface area contributed by atoms with Gasteiger partial charge in [0.2, 0.25) is 0 Å². The fraction of sp³-hybridized carbons (Fsp3) is 0.529. The number of aryl methyl sites for hydroxylation is 1. The summed E-state index contributed by atoms with van der Waals surface area (Å²) >= 11 is 0. The molecule has 22 heavy (non-hydrogen) atoms. The summed E-state index contributed by atoms with van der Waals surface area (Å²) in [6, 6.07) is 5.74. The van der Waals surface area contributed by atoms with Crippen LogP contribution in [0.1, 0.15) is 31.7 Å². The minimum Gasteiger partial charge on any atom is -0.493 e. The third-order valence-corrected chi connectivity index (χ3v) is 3.89. The minimum absolute atomic E-state index is 0.00365. The van der Waals surface area contributed by atoms with Gasteiger partial charge in [-0.1, -0.05) is 6.07 Å². The van der Waals surface area contributed by atoms with Gasteiger partial charge in [-0.05, 0) is 43.9 Å². The lowest BCUT2D eigenvalue weighted by molar-refractivity contribution is -0.163. The van der Waals surface area contributed by atoms with Crippen molar-refractivity contribution in [1.82, 2.24) is 0 Å². The summed E-state index contributed by atoms with van der Waals surface area (Å²) in [5.41, 5.74) is 1.09. The van der Waals surface area contributed by atoms with Crippen LogP contribution < -0.4 is 9.47 Å². The quantitative estimate of drug-likeness (QED) is 0.597. The van der Waals surface area contributed by atoms with E-state index in [1.807, 2.05) is 18.2 Å². The summed E-state index contributed by atoms with van der Waals surface area (Å²) in [5.74, 6) is 0.386. The number of Topliss-reactive ketones (excluding diaryl/α,β-unsaturated/α-hetero) is 1. The monoisotopic (exact) mass is 306 g/mol. The molecule has 1 aliphatic heterocycles. The molecule has 1 aromatic carbocycles. The minimum atomic E-state index is -0.601. The van der Waals surface area contributed by atoms with Gasteiger partial charge >= 0.3 is 5.97 Å². The van der Waals surface area contributed by atoms with E-state index in [0.717, 1.165) is 18.4 Å². The van der Waals surface area contributed by atoms with Crippen LogP contribution in [-0.4, -0.2) is 32.1 Å². The first-order valence-electron chi connectivity index (χ1n) is 7.49. The molecule has 0 unspecified atom stereocenters. The normalized spacial score (nSPS) is 21.4. The van der Waals surface area contributed by atoms with Crippen molar-refractivity contribution in [2.24, 2.45) is 5.92 Å². The van der Waals surface area contributed by atoms with Crippen molar-refractivity contribution >= 4 is 11.8 Å². The van der Waals surface area contributed by atoms with Gasteiger partial charge in [-0.2, -0.15) is 0 Å². The zero-order valence-electron chi connectivity index (χ0n) is 13.3. The predicted molar refractivity (Wildman–Crippen MR) is 81.2 cm³/mol. The molecule has 1 aliphatic rings. The first kappa shape index (κ1) is 16.3. The SMILES string of the molecule is COc1ccc(CCC[C@@H]2C(=O)C[C@H](C)OC2=O)cc1OC. The molecule has 2 rings (SSSR count). The molecular formula is C17H22O5. The molecule has 120 valence electrons. The molecule has 1 aromatic rings. The Morgan fingerprint density at radius 2 is 1.91 bits per heavy atom. The highest BCUT2D eigenvalue weighted by Gasteiger charge is 2.34. The van der Waals surface area contributed by atoms with Gasteiger partial charge in [-0.3, -0.25) is 9.59 Å². The standard InChI is InChI=1S/C17H22O5/c1-11-9-14(18)13(17(19)22-11)6-4-5-12-7-8-15(20-2)16(10-12)21-3/h7-8,10-11,13H,4-6,9H2,1-3H3/t11-,13+/m0/s1. The highest BCUT2D eigenvalue weighted by Crippen LogP contribution is 2.28. The third kappa shape index (κ3) is 3.78. The Morgan fingerprint density at radius 3 is 2.55 bits per heavy atom. The lowest BCUT2D eigenvalue weighted by Gasteiger charge is -2.24. The largest absolute Gasteiger partial charge is 0.493 e. The smallest absolute Gasteiger partial charge is 0.316 e. The molecule has 1 heterocycles. The van der Waals surface area contributed by atoms with Crippen molar-refractivity contribution in [2.45, 2.75) is 38.7 Å². The summed E-state index contributed by atoms with van der Waals surface area (Å²) in [6.07, 6.45) is 2.08. The van der Waals surface area contributed by atoms with Gasteiger partial charge in [0, 0.05) is 6.42 Å². The number of methoxy groups -OCH3 is 2. The van der Waals surface area contributed by atoms with E-state index in [4.69, 9.17) is 14.2 Å². The lowest BCUT2D eigenvalue weighted by Crippen LogP contribution is -2.37. The Balaban J connectivity index is 1.91. The highest BCUT2D eigenvalue weighted by molar-refractivity contribution is 6.00. The van der Waals surface area contributed by atoms with Crippen molar-refractivity contribution in [2.75, 3.05) is 14.2 Å². The summed E-state index contributed by atoms with van der Waals surface area (Å²) < 4.78 is 15.6. The number of esters is 1. The Labute approximate surface area is 130 Å². The van der Waals surface area contributed by atoms with Gasteiger partial charge < -0.3 is 14.2 Å². The van der Waals surface area contributed by atoms with E-state index in [1.54, 1.807) is 21.1 Å². The van der Waals surface area contributed by atoms with Crippen molar-refractivity contribution in [1.29, 1.82) is 0 Å². The fourth-order valence-electron chi connectivity index (χ4n) is 2.70. The number of ketones is 1. The topological polar surface area (TPSA) is 61.8 Å². The van der Waals surface area contributed by atoms with Crippen LogP contribution >= 0.6 is 0 Å². The molecule has 0 amide bonds. The Morgan fingerprint density at radius 1 is 1.18 bits per heavy atom. The lowest BCUT2D eigenvalue weighted by atomic mass is 9.91. The van der Waals surface area contributed by atoms with Crippen LogP contribution in [0, 0.1) is 5.92 Å². The summed E-state index contributed by atoms with van der Waals surface area (Å²) in [5, 5.41) is 0. The van der Waals surface area contributed by atoms with Crippen LogP contribution in [0.25, 0.3) is 0 Å². The number of hydrogen-bond acceptors (Lipinski definition) is 5. The maximum atomic E-state index is 11.9. The average Bonchev–Trinajstić information content (AvgIpc) is 2.49. The number of benzene rings is 1. The van der Waals surface area contributed by atoms with Crippen LogP contribution in [0.3, 0.4) is 0 Å². The van der Waals surface area contributed by atoms with E-state index in [9.17, 15) is 9.59 Å². The number of cyclic esters (lactones) is 1. The average molecular weight is 306 g/mol. The number of hydrogen-bond donors (Lipinski definition) is 0. The van der Waals surface area contributed by atoms with Gasteiger partial charge in [0.05, 0.1) is 14.2 Å². The van der Waals surface area contributed by atoms with Gasteiger partial charge in [0.25, 0.3) is 0 Å². The van der Waals surface area contributed by atoms with Crippen LogP contribution in [0.4, 0.5) is 0 Å². The number of carbonyl (C=O) groups excluding carboxylic acids is 2. The molecule has 0 aromatic heterocycles. The summed E-state index contributed by atoms with van der Waals surface area (Å²) in [7, 11) is 3.19. The second-order valence-corrected chi connectivity index (χ2v) is 5.55. The molecule has 0 spiro atoms. The maximum Gasteiger partial charge on any atom is 0.316 e. The number of rotatable bonds is 6. The zero-order valence-corrected chi connectivity index (χ0v) is 13.3. The van der Waals surface area contributed by atoms with E-state index >= 15 is 0 Å². The van der Waals surface area contributed by atoms with Crippen molar-refractivity contribution in [3.8, 4) is 11.5 Å². The van der Waals surface area contributed by atoms with Crippen LogP contribution in [0.2, 0.25) is 0 Å². The number of ether oxygens (including phenoxy) is 3. The third-order valence-electron chi connectivity index (χ3n) is 3.89. The van der Waals surface area contributed by atoms with Crippen molar-refractivity contribution in [3.63, 3.8) is 0 Å². The second-order valence-electron chi connectivity index (χ2n) is 5.55. The number of carbonyl (C=O) groups is 2. The molecule has 5 heteroatoms. The first-order chi connectivity index (χ1) is 10.5. The van der Waals surface area contributed by atoms with Crippen LogP contribution in [-0.2, 0) is 20.7 Å². The zero-order chi connectivity index (χ0) is 16.1. The van der Waals surface area contributed by atoms with Crippen molar-refractivity contribution < 1.29 is 23.8 Å². The molecular weight excluding hydrogens is 284 g/mol. The van der Waals surface area contributed by atoms with Crippen molar-refractivity contribution in [3.05, 3.63) is 23.8 Å². The maximum absolute atomic E-state index is 11.9. The second kappa shape index (κ2) is 7.29. The molecule has 5 nitrogen and oxygen atoms in total. The highest BCUT2D eigenvalue weighted by atomic mass is 16.5. The van der Waals surface area contributed by atoms with E-state index < -0.39 is 5.92 Å². The molecule has 0 radical (unpaired) electrons. The van der Waals surface area contributed by atoms with E-state index in [2.05, 4.69) is 0 Å². The van der Waals surface area contributed by atoms with E-state index in [1.165, 1.54) is 0 Å². The summed E-state index contributed by atoms with van der Waals surface area (Å²) in [6.45, 7) is 1.75. The van der Waals surface area contributed by atoms with Crippen LogP contribution in [0.5, 0.6) is 11.5 Å². The molecule has 0 saturated carbocycles. The molecule has 1 saturated heterocycles. The van der Waals surface area contributed by atoms with E-state index in [0.29, 0.717) is 24.3 Å². The van der Waals surface area contributed by atoms with Gasteiger partial charge in [-0.15, -0.1) is 0 Å². The Kier molecular flexibility index (Phi) is 5.41. The van der Waals surface area contributed by atoms with Crippen LogP contribution in [0.15, 0.2) is 18.2 Å². The van der Waals surface area contributed by atoms with E-state index in [-0.39, 0.29) is 17.9 Å². The fourth-order valence-corrected chi connectivity index (χ4v) is 2.70. The summed E-state index contributed by atoms with van der Waals surface area (Å²) in [4.78, 5) is 23.7.